The number of amides is 1. The number of hydrogen-bond donors (Lipinski definition) is 1. The lowest BCUT2D eigenvalue weighted by Crippen LogP contribution is -2.35. The molecule has 0 bridgehead atoms. The normalized spacial score (nSPS) is 24.3. The molecule has 1 aromatic rings. The van der Waals surface area contributed by atoms with Gasteiger partial charge in [-0.25, -0.2) is 0 Å². The first-order chi connectivity index (χ1) is 10.3. The summed E-state index contributed by atoms with van der Waals surface area (Å²) in [6, 6.07) is 6.74. The zero-order valence-corrected chi connectivity index (χ0v) is 13.8. The fourth-order valence-electron chi connectivity index (χ4n) is 3.35. The van der Waals surface area contributed by atoms with E-state index < -0.39 is 0 Å². The van der Waals surface area contributed by atoms with Crippen LogP contribution in [0.3, 0.4) is 0 Å². The predicted octanol–water partition coefficient (Wildman–Crippen LogP) is 2.60. The van der Waals surface area contributed by atoms with Crippen LogP contribution in [-0.2, 0) is 10.2 Å². The first kappa shape index (κ1) is 15.1. The molecule has 22 heavy (non-hydrogen) atoms. The molecule has 2 unspecified atom stereocenters. The molecule has 0 aromatic heterocycles. The summed E-state index contributed by atoms with van der Waals surface area (Å²) in [4.78, 5) is 12.1. The molecule has 0 radical (unpaired) electrons. The van der Waals surface area contributed by atoms with Gasteiger partial charge in [-0.05, 0) is 46.6 Å². The van der Waals surface area contributed by atoms with Gasteiger partial charge in [0.05, 0.1) is 0 Å². The molecule has 3 rings (SSSR count). The SMILES string of the molecule is C=C1CCC(CC2C=c3ccc(C(C)(C)C)cc3=C2)C(=O)N1. The quantitative estimate of drug-likeness (QED) is 0.893. The van der Waals surface area contributed by atoms with E-state index in [1.165, 1.54) is 16.0 Å². The molecular formula is C20H25NO. The molecule has 1 fully saturated rings. The lowest BCUT2D eigenvalue weighted by Gasteiger charge is -2.24. The van der Waals surface area contributed by atoms with Gasteiger partial charge in [0.15, 0.2) is 0 Å². The van der Waals surface area contributed by atoms with Crippen molar-refractivity contribution in [2.45, 2.75) is 45.4 Å². The van der Waals surface area contributed by atoms with Crippen molar-refractivity contribution in [2.75, 3.05) is 0 Å². The van der Waals surface area contributed by atoms with Gasteiger partial charge in [-0.1, -0.05) is 57.7 Å². The summed E-state index contributed by atoms with van der Waals surface area (Å²) in [7, 11) is 0. The zero-order chi connectivity index (χ0) is 15.9. The van der Waals surface area contributed by atoms with Crippen LogP contribution in [0.2, 0.25) is 0 Å². The molecule has 0 saturated carbocycles. The maximum Gasteiger partial charge on any atom is 0.227 e. The monoisotopic (exact) mass is 295 g/mol. The molecule has 1 N–H and O–H groups in total. The van der Waals surface area contributed by atoms with Gasteiger partial charge in [-0.2, -0.15) is 0 Å². The summed E-state index contributed by atoms with van der Waals surface area (Å²) in [6.45, 7) is 10.6. The molecule has 1 aromatic carbocycles. The fraction of sp³-hybridized carbons (Fsp3) is 0.450. The molecule has 2 aliphatic rings. The summed E-state index contributed by atoms with van der Waals surface area (Å²) in [6.07, 6.45) is 7.36. The summed E-state index contributed by atoms with van der Waals surface area (Å²) in [5.74, 6) is 0.621. The Kier molecular flexibility index (Phi) is 3.72. The first-order valence-electron chi connectivity index (χ1n) is 8.16. The van der Waals surface area contributed by atoms with Crippen molar-refractivity contribution >= 4 is 18.1 Å². The van der Waals surface area contributed by atoms with Crippen molar-refractivity contribution in [1.29, 1.82) is 0 Å². The van der Waals surface area contributed by atoms with Crippen molar-refractivity contribution in [3.8, 4) is 0 Å². The lowest BCUT2D eigenvalue weighted by atomic mass is 9.86. The van der Waals surface area contributed by atoms with Crippen LogP contribution in [0.1, 0.15) is 45.6 Å². The highest BCUT2D eigenvalue weighted by Crippen LogP contribution is 2.26. The Labute approximate surface area is 132 Å². The summed E-state index contributed by atoms with van der Waals surface area (Å²) in [5, 5.41) is 5.51. The van der Waals surface area contributed by atoms with E-state index in [-0.39, 0.29) is 17.2 Å². The van der Waals surface area contributed by atoms with Crippen LogP contribution in [0, 0.1) is 11.8 Å². The smallest absolute Gasteiger partial charge is 0.227 e. The Morgan fingerprint density at radius 1 is 1.23 bits per heavy atom. The Hall–Kier alpha value is -1.83. The second-order valence-electron chi connectivity index (χ2n) is 7.65. The third kappa shape index (κ3) is 3.01. The van der Waals surface area contributed by atoms with Crippen LogP contribution in [-0.4, -0.2) is 5.91 Å². The number of rotatable bonds is 2. The maximum absolute atomic E-state index is 12.1. The van der Waals surface area contributed by atoms with Gasteiger partial charge in [0.1, 0.15) is 0 Å². The second kappa shape index (κ2) is 5.42. The standard InChI is InChI=1S/C20H25NO/c1-13-5-6-16(19(22)21-13)10-14-9-15-7-8-18(20(2,3)4)12-17(15)11-14/h7-9,11-12,14,16H,1,5-6,10H2,2-4H3,(H,21,22). The third-order valence-corrected chi connectivity index (χ3v) is 4.76. The van der Waals surface area contributed by atoms with Crippen molar-refractivity contribution < 1.29 is 4.79 Å². The average molecular weight is 295 g/mol. The number of allylic oxidation sites excluding steroid dienone is 1. The molecule has 2 atom stereocenters. The average Bonchev–Trinajstić information content (AvgIpc) is 2.82. The molecule has 116 valence electrons. The number of carbonyl (C=O) groups excluding carboxylic acids is 1. The van der Waals surface area contributed by atoms with E-state index in [1.807, 2.05) is 0 Å². The molecule has 1 amide bonds. The fourth-order valence-corrected chi connectivity index (χ4v) is 3.35. The number of nitrogens with one attached hydrogen (secondary N) is 1. The number of fused-ring (bicyclic) bond motifs is 1. The number of benzene rings is 1. The summed E-state index contributed by atoms with van der Waals surface area (Å²) >= 11 is 0. The molecule has 1 heterocycles. The second-order valence-corrected chi connectivity index (χ2v) is 7.65. The molecule has 1 aliphatic heterocycles. The molecule has 2 heteroatoms. The highest BCUT2D eigenvalue weighted by atomic mass is 16.1. The topological polar surface area (TPSA) is 29.1 Å². The van der Waals surface area contributed by atoms with Gasteiger partial charge in [0, 0.05) is 11.6 Å². The maximum atomic E-state index is 12.1. The Balaban J connectivity index is 1.79. The number of carbonyl (C=O) groups is 1. The Morgan fingerprint density at radius 2 is 1.95 bits per heavy atom. The Morgan fingerprint density at radius 3 is 2.64 bits per heavy atom. The van der Waals surface area contributed by atoms with Crippen molar-refractivity contribution in [1.82, 2.24) is 5.32 Å². The molecule has 1 aliphatic carbocycles. The van der Waals surface area contributed by atoms with E-state index in [4.69, 9.17) is 0 Å². The van der Waals surface area contributed by atoms with Crippen LogP contribution in [0.25, 0.3) is 12.2 Å². The van der Waals surface area contributed by atoms with Gasteiger partial charge < -0.3 is 5.32 Å². The van der Waals surface area contributed by atoms with E-state index in [9.17, 15) is 4.79 Å². The highest BCUT2D eigenvalue weighted by molar-refractivity contribution is 5.81. The summed E-state index contributed by atoms with van der Waals surface area (Å²) in [5.41, 5.74) is 2.40. The van der Waals surface area contributed by atoms with Gasteiger partial charge in [0.2, 0.25) is 5.91 Å². The Bertz CT molecular complexity index is 736. The van der Waals surface area contributed by atoms with Crippen LogP contribution in [0.15, 0.2) is 30.5 Å². The van der Waals surface area contributed by atoms with E-state index in [1.54, 1.807) is 0 Å². The van der Waals surface area contributed by atoms with Crippen LogP contribution < -0.4 is 15.8 Å². The molecule has 1 saturated heterocycles. The number of piperidine rings is 1. The van der Waals surface area contributed by atoms with Gasteiger partial charge >= 0.3 is 0 Å². The van der Waals surface area contributed by atoms with E-state index in [2.05, 4.69) is 63.0 Å². The zero-order valence-electron chi connectivity index (χ0n) is 13.8. The summed E-state index contributed by atoms with van der Waals surface area (Å²) < 4.78 is 0. The van der Waals surface area contributed by atoms with Crippen LogP contribution >= 0.6 is 0 Å². The minimum absolute atomic E-state index is 0.111. The van der Waals surface area contributed by atoms with Crippen molar-refractivity contribution in [3.63, 3.8) is 0 Å². The van der Waals surface area contributed by atoms with Gasteiger partial charge in [0.25, 0.3) is 0 Å². The van der Waals surface area contributed by atoms with Crippen molar-refractivity contribution in [3.05, 3.63) is 46.5 Å². The highest BCUT2D eigenvalue weighted by Gasteiger charge is 2.26. The minimum Gasteiger partial charge on any atom is -0.330 e. The molecule has 0 spiro atoms. The largest absolute Gasteiger partial charge is 0.330 e. The van der Waals surface area contributed by atoms with Gasteiger partial charge in [-0.15, -0.1) is 0 Å². The van der Waals surface area contributed by atoms with Gasteiger partial charge in [-0.3, -0.25) is 4.79 Å². The first-order valence-corrected chi connectivity index (χ1v) is 8.16. The number of hydrogen-bond acceptors (Lipinski definition) is 1. The lowest BCUT2D eigenvalue weighted by molar-refractivity contribution is -0.125. The molecular weight excluding hydrogens is 270 g/mol. The third-order valence-electron chi connectivity index (χ3n) is 4.76. The predicted molar refractivity (Wildman–Crippen MR) is 91.4 cm³/mol. The van der Waals surface area contributed by atoms with Crippen LogP contribution in [0.5, 0.6) is 0 Å². The van der Waals surface area contributed by atoms with Crippen molar-refractivity contribution in [2.24, 2.45) is 11.8 Å². The van der Waals surface area contributed by atoms with E-state index in [0.29, 0.717) is 5.92 Å². The van der Waals surface area contributed by atoms with Crippen LogP contribution in [0.4, 0.5) is 0 Å². The van der Waals surface area contributed by atoms with E-state index >= 15 is 0 Å². The minimum atomic E-state index is 0.111. The van der Waals surface area contributed by atoms with E-state index in [0.717, 1.165) is 25.0 Å². The molecule has 2 nitrogen and oxygen atoms in total.